The molecular formula is C15H22N2OS. The highest BCUT2D eigenvalue weighted by atomic mass is 32.1. The fourth-order valence-corrected chi connectivity index (χ4v) is 4.26. The van der Waals surface area contributed by atoms with Gasteiger partial charge in [-0.1, -0.05) is 0 Å². The topological polar surface area (TPSA) is 32.3 Å². The van der Waals surface area contributed by atoms with E-state index >= 15 is 0 Å². The van der Waals surface area contributed by atoms with Gasteiger partial charge in [-0.05, 0) is 62.2 Å². The van der Waals surface area contributed by atoms with Crippen molar-refractivity contribution >= 4 is 17.2 Å². The SMILES string of the molecule is CC1c2ccsc2CCN1C(=O)CC1CCNCC1. The van der Waals surface area contributed by atoms with Crippen LogP contribution in [0.2, 0.25) is 0 Å². The first-order chi connectivity index (χ1) is 9.25. The van der Waals surface area contributed by atoms with Crippen molar-refractivity contribution in [1.29, 1.82) is 0 Å². The molecule has 4 heteroatoms. The number of piperidine rings is 1. The van der Waals surface area contributed by atoms with Crippen molar-refractivity contribution in [3.05, 3.63) is 21.9 Å². The first-order valence-electron chi connectivity index (χ1n) is 7.32. The molecule has 1 atom stereocenters. The van der Waals surface area contributed by atoms with Gasteiger partial charge in [0.2, 0.25) is 5.91 Å². The summed E-state index contributed by atoms with van der Waals surface area (Å²) >= 11 is 1.83. The molecule has 0 saturated carbocycles. The third kappa shape index (κ3) is 2.70. The van der Waals surface area contributed by atoms with E-state index in [1.54, 1.807) is 0 Å². The molecule has 0 spiro atoms. The van der Waals surface area contributed by atoms with E-state index in [9.17, 15) is 4.79 Å². The number of hydrogen-bond acceptors (Lipinski definition) is 3. The first kappa shape index (κ1) is 13.1. The minimum absolute atomic E-state index is 0.268. The lowest BCUT2D eigenvalue weighted by atomic mass is 9.93. The molecule has 3 heterocycles. The Morgan fingerprint density at radius 1 is 1.47 bits per heavy atom. The lowest BCUT2D eigenvalue weighted by Gasteiger charge is -2.35. The molecule has 1 aromatic rings. The van der Waals surface area contributed by atoms with E-state index < -0.39 is 0 Å². The Bertz CT molecular complexity index is 451. The van der Waals surface area contributed by atoms with E-state index in [1.165, 1.54) is 10.4 Å². The summed E-state index contributed by atoms with van der Waals surface area (Å²) in [7, 11) is 0. The van der Waals surface area contributed by atoms with Crippen LogP contribution < -0.4 is 5.32 Å². The monoisotopic (exact) mass is 278 g/mol. The standard InChI is InChI=1S/C15H22N2OS/c1-11-13-5-9-19-14(13)4-8-17(11)15(18)10-12-2-6-16-7-3-12/h5,9,11-12,16H,2-4,6-8,10H2,1H3. The van der Waals surface area contributed by atoms with Crippen LogP contribution in [-0.4, -0.2) is 30.4 Å². The molecule has 1 amide bonds. The van der Waals surface area contributed by atoms with E-state index in [1.807, 2.05) is 11.3 Å². The summed E-state index contributed by atoms with van der Waals surface area (Å²) < 4.78 is 0. The van der Waals surface area contributed by atoms with Crippen molar-refractivity contribution in [2.75, 3.05) is 19.6 Å². The lowest BCUT2D eigenvalue weighted by molar-refractivity contribution is -0.135. The van der Waals surface area contributed by atoms with E-state index in [0.717, 1.165) is 45.3 Å². The van der Waals surface area contributed by atoms with Crippen LogP contribution in [0.1, 0.15) is 42.7 Å². The molecule has 2 aliphatic heterocycles. The van der Waals surface area contributed by atoms with Crippen LogP contribution in [0.5, 0.6) is 0 Å². The van der Waals surface area contributed by atoms with Crippen molar-refractivity contribution in [3.63, 3.8) is 0 Å². The Balaban J connectivity index is 1.64. The molecule has 2 aliphatic rings. The Kier molecular flexibility index (Phi) is 3.89. The number of nitrogens with one attached hydrogen (secondary N) is 1. The summed E-state index contributed by atoms with van der Waals surface area (Å²) in [6.07, 6.45) is 4.08. The predicted octanol–water partition coefficient (Wildman–Crippen LogP) is 2.58. The zero-order valence-electron chi connectivity index (χ0n) is 11.5. The summed E-state index contributed by atoms with van der Waals surface area (Å²) in [6.45, 7) is 5.22. The normalized spacial score (nSPS) is 24.3. The lowest BCUT2D eigenvalue weighted by Crippen LogP contribution is -2.40. The van der Waals surface area contributed by atoms with E-state index in [0.29, 0.717) is 11.8 Å². The molecule has 0 radical (unpaired) electrons. The Morgan fingerprint density at radius 3 is 3.05 bits per heavy atom. The van der Waals surface area contributed by atoms with Crippen LogP contribution in [0, 0.1) is 5.92 Å². The maximum absolute atomic E-state index is 12.5. The highest BCUT2D eigenvalue weighted by Gasteiger charge is 2.29. The quantitative estimate of drug-likeness (QED) is 0.902. The minimum Gasteiger partial charge on any atom is -0.336 e. The van der Waals surface area contributed by atoms with Gasteiger partial charge in [-0.25, -0.2) is 0 Å². The van der Waals surface area contributed by atoms with Gasteiger partial charge in [0.15, 0.2) is 0 Å². The van der Waals surface area contributed by atoms with Crippen molar-refractivity contribution in [2.45, 2.75) is 38.6 Å². The zero-order valence-corrected chi connectivity index (χ0v) is 12.3. The molecule has 1 saturated heterocycles. The van der Waals surface area contributed by atoms with Gasteiger partial charge in [0, 0.05) is 17.8 Å². The van der Waals surface area contributed by atoms with Gasteiger partial charge < -0.3 is 10.2 Å². The number of carbonyl (C=O) groups excluding carboxylic acids is 1. The van der Waals surface area contributed by atoms with Crippen molar-refractivity contribution in [1.82, 2.24) is 10.2 Å². The summed E-state index contributed by atoms with van der Waals surface area (Å²) in [5, 5.41) is 5.52. The first-order valence-corrected chi connectivity index (χ1v) is 8.20. The summed E-state index contributed by atoms with van der Waals surface area (Å²) in [6, 6.07) is 2.46. The van der Waals surface area contributed by atoms with Crippen molar-refractivity contribution in [2.24, 2.45) is 5.92 Å². The van der Waals surface area contributed by atoms with Crippen LogP contribution in [0.15, 0.2) is 11.4 Å². The second-order valence-electron chi connectivity index (χ2n) is 5.71. The van der Waals surface area contributed by atoms with E-state index in [4.69, 9.17) is 0 Å². The molecule has 1 fully saturated rings. The molecule has 1 N–H and O–H groups in total. The fourth-order valence-electron chi connectivity index (χ4n) is 3.30. The van der Waals surface area contributed by atoms with Gasteiger partial charge in [0.25, 0.3) is 0 Å². The second-order valence-corrected chi connectivity index (χ2v) is 6.71. The molecule has 1 aromatic heterocycles. The number of amides is 1. The Hall–Kier alpha value is -0.870. The molecule has 104 valence electrons. The largest absolute Gasteiger partial charge is 0.336 e. The van der Waals surface area contributed by atoms with Crippen molar-refractivity contribution in [3.8, 4) is 0 Å². The molecule has 1 unspecified atom stereocenters. The summed E-state index contributed by atoms with van der Waals surface area (Å²) in [5.74, 6) is 0.945. The fraction of sp³-hybridized carbons (Fsp3) is 0.667. The molecule has 0 aliphatic carbocycles. The average Bonchev–Trinajstić information content (AvgIpc) is 2.89. The van der Waals surface area contributed by atoms with E-state index in [2.05, 4.69) is 28.6 Å². The van der Waals surface area contributed by atoms with Gasteiger partial charge in [0.1, 0.15) is 0 Å². The van der Waals surface area contributed by atoms with Gasteiger partial charge in [0.05, 0.1) is 6.04 Å². The molecule has 3 rings (SSSR count). The van der Waals surface area contributed by atoms with Crippen molar-refractivity contribution < 1.29 is 4.79 Å². The third-order valence-electron chi connectivity index (χ3n) is 4.52. The smallest absolute Gasteiger partial charge is 0.223 e. The van der Waals surface area contributed by atoms with Crippen LogP contribution in [0.3, 0.4) is 0 Å². The summed E-state index contributed by atoms with van der Waals surface area (Å²) in [5.41, 5.74) is 1.37. The number of hydrogen-bond donors (Lipinski definition) is 1. The van der Waals surface area contributed by atoms with Crippen LogP contribution in [0.25, 0.3) is 0 Å². The third-order valence-corrected chi connectivity index (χ3v) is 5.52. The minimum atomic E-state index is 0.268. The van der Waals surface area contributed by atoms with Gasteiger partial charge in [-0.3, -0.25) is 4.79 Å². The number of carbonyl (C=O) groups is 1. The average molecular weight is 278 g/mol. The van der Waals surface area contributed by atoms with Crippen LogP contribution in [-0.2, 0) is 11.2 Å². The van der Waals surface area contributed by atoms with Gasteiger partial charge >= 0.3 is 0 Å². The van der Waals surface area contributed by atoms with Crippen LogP contribution >= 0.6 is 11.3 Å². The molecule has 0 bridgehead atoms. The second kappa shape index (κ2) is 5.63. The predicted molar refractivity (Wildman–Crippen MR) is 78.4 cm³/mol. The number of rotatable bonds is 2. The summed E-state index contributed by atoms with van der Waals surface area (Å²) in [4.78, 5) is 16.1. The van der Waals surface area contributed by atoms with Gasteiger partial charge in [-0.2, -0.15) is 0 Å². The Labute approximate surface area is 119 Å². The number of nitrogens with zero attached hydrogens (tertiary/aromatic N) is 1. The molecule has 19 heavy (non-hydrogen) atoms. The number of thiophene rings is 1. The maximum Gasteiger partial charge on any atom is 0.223 e. The highest BCUT2D eigenvalue weighted by molar-refractivity contribution is 7.10. The Morgan fingerprint density at radius 2 is 2.26 bits per heavy atom. The zero-order chi connectivity index (χ0) is 13.2. The molecule has 0 aromatic carbocycles. The van der Waals surface area contributed by atoms with Gasteiger partial charge in [-0.15, -0.1) is 11.3 Å². The number of fused-ring (bicyclic) bond motifs is 1. The highest BCUT2D eigenvalue weighted by Crippen LogP contribution is 2.33. The maximum atomic E-state index is 12.5. The van der Waals surface area contributed by atoms with E-state index in [-0.39, 0.29) is 6.04 Å². The van der Waals surface area contributed by atoms with Crippen LogP contribution in [0.4, 0.5) is 0 Å². The molecule has 3 nitrogen and oxygen atoms in total. The molecular weight excluding hydrogens is 256 g/mol.